The van der Waals surface area contributed by atoms with Gasteiger partial charge >= 0.3 is 0 Å². The van der Waals surface area contributed by atoms with Gasteiger partial charge in [0.05, 0.1) is 44.5 Å². The summed E-state index contributed by atoms with van der Waals surface area (Å²) in [6.45, 7) is 6.18. The van der Waals surface area contributed by atoms with Crippen LogP contribution >= 0.6 is 0 Å². The molecule has 0 aliphatic rings. The number of benzene rings is 4. The summed E-state index contributed by atoms with van der Waals surface area (Å²) in [5.74, 6) is 0. The highest BCUT2D eigenvalue weighted by molar-refractivity contribution is 6.29. The van der Waals surface area contributed by atoms with Crippen LogP contribution in [-0.4, -0.2) is 14.4 Å². The normalized spacial score (nSPS) is 12.7. The smallest absolute Gasteiger partial charge is 0.116 e. The van der Waals surface area contributed by atoms with Crippen LogP contribution in [0, 0.1) is 18.3 Å². The third-order valence-electron chi connectivity index (χ3n) is 7.25. The maximum absolute atomic E-state index is 10.1. The number of nitriles is 1. The minimum atomic E-state index is -0.660. The number of aryl methyl sites for hydroxylation is 1. The standard InChI is InChI=1S/C29H20N4/c1-16-18-9-5-4-8-17(18)12-20-26-25-22(31-15-32-26)13-21(29(2,3)14-30)24-19-10-6-7-11-23(19)33(27(16)20)28(24)25/h4-13,15H,1-3H3. The van der Waals surface area contributed by atoms with E-state index < -0.39 is 5.41 Å². The summed E-state index contributed by atoms with van der Waals surface area (Å²) >= 11 is 0. The minimum absolute atomic E-state index is 0.660. The first kappa shape index (κ1) is 18.4. The van der Waals surface area contributed by atoms with Crippen LogP contribution in [0.15, 0.2) is 67.0 Å². The quantitative estimate of drug-likeness (QED) is 0.210. The number of para-hydroxylation sites is 1. The highest BCUT2D eigenvalue weighted by Gasteiger charge is 2.29. The van der Waals surface area contributed by atoms with E-state index in [1.165, 1.54) is 21.9 Å². The number of hydrogen-bond acceptors (Lipinski definition) is 3. The zero-order valence-electron chi connectivity index (χ0n) is 18.6. The van der Waals surface area contributed by atoms with Gasteiger partial charge in [-0.1, -0.05) is 42.5 Å². The lowest BCUT2D eigenvalue weighted by Gasteiger charge is -2.20. The number of pyridine rings is 1. The van der Waals surface area contributed by atoms with Crippen LogP contribution < -0.4 is 0 Å². The molecular formula is C29H20N4. The van der Waals surface area contributed by atoms with Gasteiger partial charge in [-0.3, -0.25) is 0 Å². The molecule has 0 radical (unpaired) electrons. The second-order valence-corrected chi connectivity index (χ2v) is 9.47. The average molecular weight is 425 g/mol. The Labute approximate surface area is 190 Å². The molecule has 4 nitrogen and oxygen atoms in total. The molecule has 4 aromatic carbocycles. The van der Waals surface area contributed by atoms with E-state index >= 15 is 0 Å². The Morgan fingerprint density at radius 1 is 0.848 bits per heavy atom. The number of fused-ring (bicyclic) bond motifs is 7. The summed E-state index contributed by atoms with van der Waals surface area (Å²) in [5, 5.41) is 17.0. The first-order chi connectivity index (χ1) is 16.0. The van der Waals surface area contributed by atoms with Gasteiger partial charge in [-0.2, -0.15) is 5.26 Å². The lowest BCUT2D eigenvalue weighted by molar-refractivity contribution is 0.695. The van der Waals surface area contributed by atoms with E-state index in [0.29, 0.717) is 0 Å². The molecular weight excluding hydrogens is 404 g/mol. The van der Waals surface area contributed by atoms with Crippen LogP contribution in [0.4, 0.5) is 0 Å². The van der Waals surface area contributed by atoms with Crippen LogP contribution in [0.3, 0.4) is 0 Å². The fourth-order valence-corrected chi connectivity index (χ4v) is 5.68. The Morgan fingerprint density at radius 3 is 2.42 bits per heavy atom. The molecule has 0 atom stereocenters. The summed E-state index contributed by atoms with van der Waals surface area (Å²) in [7, 11) is 0. The Kier molecular flexibility index (Phi) is 3.32. The zero-order valence-corrected chi connectivity index (χ0v) is 18.6. The second kappa shape index (κ2) is 5.96. The summed E-state index contributed by atoms with van der Waals surface area (Å²) in [6, 6.07) is 23.9. The van der Waals surface area contributed by atoms with Gasteiger partial charge in [0.2, 0.25) is 0 Å². The van der Waals surface area contributed by atoms with Crippen molar-refractivity contribution >= 4 is 59.9 Å². The first-order valence-corrected chi connectivity index (χ1v) is 11.2. The molecule has 0 fully saturated rings. The van der Waals surface area contributed by atoms with Crippen molar-refractivity contribution in [2.75, 3.05) is 0 Å². The molecule has 0 saturated carbocycles. The summed E-state index contributed by atoms with van der Waals surface area (Å²) in [6.07, 6.45) is 1.65. The predicted molar refractivity (Wildman–Crippen MR) is 135 cm³/mol. The third kappa shape index (κ3) is 2.14. The molecule has 0 spiro atoms. The fraction of sp³-hybridized carbons (Fsp3) is 0.138. The van der Waals surface area contributed by atoms with Crippen molar-refractivity contribution in [3.05, 3.63) is 78.1 Å². The van der Waals surface area contributed by atoms with Gasteiger partial charge in [0.15, 0.2) is 0 Å². The summed E-state index contributed by atoms with van der Waals surface area (Å²) in [4.78, 5) is 9.47. The summed E-state index contributed by atoms with van der Waals surface area (Å²) < 4.78 is 2.39. The topological polar surface area (TPSA) is 54.0 Å². The van der Waals surface area contributed by atoms with Gasteiger partial charge in [0, 0.05) is 16.2 Å². The lowest BCUT2D eigenvalue weighted by Crippen LogP contribution is -2.14. The number of rotatable bonds is 1. The van der Waals surface area contributed by atoms with Gasteiger partial charge in [0.25, 0.3) is 0 Å². The molecule has 7 aromatic rings. The van der Waals surface area contributed by atoms with Crippen LogP contribution in [0.25, 0.3) is 59.9 Å². The molecule has 156 valence electrons. The first-order valence-electron chi connectivity index (χ1n) is 11.2. The van der Waals surface area contributed by atoms with Crippen molar-refractivity contribution in [2.24, 2.45) is 0 Å². The van der Waals surface area contributed by atoms with Crippen molar-refractivity contribution < 1.29 is 0 Å². The van der Waals surface area contributed by atoms with Gasteiger partial charge < -0.3 is 4.40 Å². The maximum atomic E-state index is 10.1. The molecule has 0 saturated heterocycles. The Hall–Kier alpha value is -4.23. The molecule has 0 N–H and O–H groups in total. The van der Waals surface area contributed by atoms with E-state index in [0.717, 1.165) is 49.2 Å². The molecule has 0 bridgehead atoms. The van der Waals surface area contributed by atoms with Crippen LogP contribution in [0.1, 0.15) is 25.0 Å². The zero-order chi connectivity index (χ0) is 22.5. The van der Waals surface area contributed by atoms with Crippen molar-refractivity contribution in [3.63, 3.8) is 0 Å². The molecule has 33 heavy (non-hydrogen) atoms. The Balaban J connectivity index is 1.94. The lowest BCUT2D eigenvalue weighted by atomic mass is 9.82. The SMILES string of the molecule is Cc1c2ccccc2cc2c3ncnc4cc(C(C)(C)C#N)c5c6ccccc6n(c12)c5c43. The van der Waals surface area contributed by atoms with E-state index in [1.807, 2.05) is 13.8 Å². The highest BCUT2D eigenvalue weighted by Crippen LogP contribution is 2.45. The van der Waals surface area contributed by atoms with Crippen molar-refractivity contribution in [2.45, 2.75) is 26.2 Å². The maximum Gasteiger partial charge on any atom is 0.116 e. The van der Waals surface area contributed by atoms with E-state index in [2.05, 4.69) is 83.0 Å². The van der Waals surface area contributed by atoms with E-state index in [4.69, 9.17) is 4.98 Å². The van der Waals surface area contributed by atoms with Gasteiger partial charge in [-0.05, 0) is 60.9 Å². The summed E-state index contributed by atoms with van der Waals surface area (Å²) in [5.41, 5.74) is 6.84. The molecule has 3 heterocycles. The minimum Gasteiger partial charge on any atom is -0.307 e. The monoisotopic (exact) mass is 424 g/mol. The molecule has 0 unspecified atom stereocenters. The van der Waals surface area contributed by atoms with E-state index in [1.54, 1.807) is 6.33 Å². The van der Waals surface area contributed by atoms with Gasteiger partial charge in [-0.25, -0.2) is 9.97 Å². The second-order valence-electron chi connectivity index (χ2n) is 9.47. The van der Waals surface area contributed by atoms with Crippen molar-refractivity contribution in [3.8, 4) is 6.07 Å². The highest BCUT2D eigenvalue weighted by atomic mass is 14.9. The number of hydrogen-bond donors (Lipinski definition) is 0. The Morgan fingerprint density at radius 2 is 1.61 bits per heavy atom. The molecule has 7 rings (SSSR count). The van der Waals surface area contributed by atoms with Gasteiger partial charge in [-0.15, -0.1) is 0 Å². The Bertz CT molecular complexity index is 1970. The molecule has 0 amide bonds. The van der Waals surface area contributed by atoms with Crippen molar-refractivity contribution in [1.82, 2.24) is 14.4 Å². The number of nitrogens with zero attached hydrogens (tertiary/aromatic N) is 4. The van der Waals surface area contributed by atoms with Gasteiger partial charge in [0.1, 0.15) is 6.33 Å². The van der Waals surface area contributed by atoms with E-state index in [9.17, 15) is 5.26 Å². The molecule has 3 aromatic heterocycles. The van der Waals surface area contributed by atoms with Crippen LogP contribution in [0.2, 0.25) is 0 Å². The molecule has 0 aliphatic carbocycles. The predicted octanol–water partition coefficient (Wildman–Crippen LogP) is 7.04. The molecule has 0 aliphatic heterocycles. The van der Waals surface area contributed by atoms with E-state index in [-0.39, 0.29) is 0 Å². The van der Waals surface area contributed by atoms with Crippen LogP contribution in [0.5, 0.6) is 0 Å². The third-order valence-corrected chi connectivity index (χ3v) is 7.25. The molecule has 4 heteroatoms. The fourth-order valence-electron chi connectivity index (χ4n) is 5.68. The largest absolute Gasteiger partial charge is 0.307 e. The van der Waals surface area contributed by atoms with Crippen LogP contribution in [-0.2, 0) is 5.41 Å². The number of aromatic nitrogens is 3. The van der Waals surface area contributed by atoms with Crippen molar-refractivity contribution in [1.29, 1.82) is 5.26 Å². The average Bonchev–Trinajstić information content (AvgIpc) is 3.19.